The van der Waals surface area contributed by atoms with E-state index in [1.807, 2.05) is 0 Å². The summed E-state index contributed by atoms with van der Waals surface area (Å²) < 4.78 is 13.1. The first-order valence-electron chi connectivity index (χ1n) is 6.40. The van der Waals surface area contributed by atoms with E-state index in [2.05, 4.69) is 5.32 Å². The van der Waals surface area contributed by atoms with Crippen LogP contribution in [0.1, 0.15) is 36.0 Å². The fraction of sp³-hybridized carbons (Fsp3) is 0.429. The number of carbonyl (C=O) groups excluding carboxylic acids is 1. The second kappa shape index (κ2) is 5.48. The van der Waals surface area contributed by atoms with Crippen LogP contribution in [0.2, 0.25) is 0 Å². The van der Waals surface area contributed by atoms with Gasteiger partial charge in [-0.05, 0) is 36.5 Å². The molecule has 0 bridgehead atoms. The van der Waals surface area contributed by atoms with Crippen molar-refractivity contribution in [3.8, 4) is 5.75 Å². The lowest BCUT2D eigenvalue weighted by molar-refractivity contribution is -0.141. The van der Waals surface area contributed by atoms with Crippen LogP contribution in [0.3, 0.4) is 0 Å². The summed E-state index contributed by atoms with van der Waals surface area (Å²) in [4.78, 5) is 22.7. The molecule has 1 saturated carbocycles. The van der Waals surface area contributed by atoms with Gasteiger partial charge in [0.1, 0.15) is 11.6 Å². The number of hydrogen-bond donors (Lipinski definition) is 3. The molecule has 1 amide bonds. The molecule has 2 rings (SSSR count). The Morgan fingerprint density at radius 3 is 2.60 bits per heavy atom. The molecule has 0 saturated heterocycles. The zero-order chi connectivity index (χ0) is 14.8. The van der Waals surface area contributed by atoms with Crippen molar-refractivity contribution >= 4 is 11.9 Å². The number of aromatic hydroxyl groups is 1. The number of aliphatic carboxylic acids is 1. The quantitative estimate of drug-likeness (QED) is 0.769. The summed E-state index contributed by atoms with van der Waals surface area (Å²) in [5.41, 5.74) is -0.556. The van der Waals surface area contributed by atoms with Crippen LogP contribution < -0.4 is 5.32 Å². The molecule has 0 aromatic heterocycles. The molecule has 1 fully saturated rings. The summed E-state index contributed by atoms with van der Waals surface area (Å²) in [6.45, 7) is 0.216. The van der Waals surface area contributed by atoms with E-state index < -0.39 is 23.1 Å². The van der Waals surface area contributed by atoms with E-state index in [0.717, 1.165) is 37.5 Å². The Kier molecular flexibility index (Phi) is 3.92. The highest BCUT2D eigenvalue weighted by Crippen LogP contribution is 2.43. The first-order valence-corrected chi connectivity index (χ1v) is 6.40. The maximum absolute atomic E-state index is 13.1. The summed E-state index contributed by atoms with van der Waals surface area (Å²) in [7, 11) is 0. The lowest BCUT2D eigenvalue weighted by Crippen LogP contribution is -2.43. The fourth-order valence-electron chi connectivity index (χ4n) is 2.47. The molecule has 0 heterocycles. The van der Waals surface area contributed by atoms with Gasteiger partial charge in [-0.2, -0.15) is 0 Å². The number of hydrogen-bond acceptors (Lipinski definition) is 3. The average Bonchev–Trinajstić information content (AvgIpc) is 2.34. The number of phenolic OH excluding ortho intramolecular Hbond substituents is 1. The van der Waals surface area contributed by atoms with Crippen molar-refractivity contribution < 1.29 is 24.2 Å². The van der Waals surface area contributed by atoms with Gasteiger partial charge in [-0.25, -0.2) is 4.39 Å². The normalized spacial score (nSPS) is 16.2. The average molecular weight is 281 g/mol. The molecule has 0 unspecified atom stereocenters. The summed E-state index contributed by atoms with van der Waals surface area (Å²) >= 11 is 0. The third kappa shape index (κ3) is 3.07. The van der Waals surface area contributed by atoms with E-state index in [0.29, 0.717) is 0 Å². The molecule has 1 aliphatic carbocycles. The Hall–Kier alpha value is -2.11. The van der Waals surface area contributed by atoms with Gasteiger partial charge >= 0.3 is 5.97 Å². The minimum atomic E-state index is -0.896. The number of nitrogens with one attached hydrogen (secondary N) is 1. The lowest BCUT2D eigenvalue weighted by Gasteiger charge is -2.40. The third-order valence-corrected chi connectivity index (χ3v) is 3.77. The molecule has 5 nitrogen and oxygen atoms in total. The molecule has 0 aliphatic heterocycles. The van der Waals surface area contributed by atoms with Crippen LogP contribution in [0, 0.1) is 11.2 Å². The van der Waals surface area contributed by atoms with E-state index in [4.69, 9.17) is 5.11 Å². The first-order chi connectivity index (χ1) is 9.42. The van der Waals surface area contributed by atoms with Crippen LogP contribution >= 0.6 is 0 Å². The molecular weight excluding hydrogens is 265 g/mol. The van der Waals surface area contributed by atoms with Crippen molar-refractivity contribution in [3.05, 3.63) is 29.6 Å². The molecule has 3 N–H and O–H groups in total. The molecule has 1 aromatic carbocycles. The van der Waals surface area contributed by atoms with Gasteiger partial charge in [0.15, 0.2) is 0 Å². The third-order valence-electron chi connectivity index (χ3n) is 3.77. The molecule has 20 heavy (non-hydrogen) atoms. The minimum absolute atomic E-state index is 0.00239. The number of amides is 1. The predicted octanol–water partition coefficient (Wildman–Crippen LogP) is 1.91. The number of carboxylic acid groups (broad SMARTS) is 1. The van der Waals surface area contributed by atoms with Gasteiger partial charge in [-0.15, -0.1) is 0 Å². The molecule has 0 radical (unpaired) electrons. The van der Waals surface area contributed by atoms with Crippen molar-refractivity contribution in [2.24, 2.45) is 5.41 Å². The second-order valence-electron chi connectivity index (χ2n) is 5.27. The Labute approximate surface area is 115 Å². The summed E-state index contributed by atoms with van der Waals surface area (Å²) in [6.07, 6.45) is 2.43. The molecule has 6 heteroatoms. The standard InChI is InChI=1S/C14H16FNO4/c15-9-2-3-11(17)10(6-9)13(20)16-8-14(4-1-5-14)7-12(18)19/h2-3,6,17H,1,4-5,7-8H2,(H,16,20)(H,18,19). The van der Waals surface area contributed by atoms with Gasteiger partial charge in [0, 0.05) is 6.54 Å². The minimum Gasteiger partial charge on any atom is -0.507 e. The number of carboxylic acids is 1. The van der Waals surface area contributed by atoms with E-state index in [1.165, 1.54) is 0 Å². The van der Waals surface area contributed by atoms with Crippen LogP contribution in [0.5, 0.6) is 5.75 Å². The molecule has 1 aromatic rings. The summed E-state index contributed by atoms with van der Waals surface area (Å²) in [5.74, 6) is -2.41. The number of rotatable bonds is 5. The van der Waals surface area contributed by atoms with Gasteiger partial charge in [0.05, 0.1) is 12.0 Å². The van der Waals surface area contributed by atoms with Crippen LogP contribution in [-0.4, -0.2) is 28.6 Å². The fourth-order valence-corrected chi connectivity index (χ4v) is 2.47. The summed E-state index contributed by atoms with van der Waals surface area (Å²) in [5, 5.41) is 21.0. The maximum Gasteiger partial charge on any atom is 0.303 e. The van der Waals surface area contributed by atoms with Crippen molar-refractivity contribution in [1.82, 2.24) is 5.32 Å². The number of carbonyl (C=O) groups is 2. The zero-order valence-electron chi connectivity index (χ0n) is 10.9. The Morgan fingerprint density at radius 1 is 1.35 bits per heavy atom. The van der Waals surface area contributed by atoms with Gasteiger partial charge in [-0.3, -0.25) is 9.59 Å². The van der Waals surface area contributed by atoms with Gasteiger partial charge < -0.3 is 15.5 Å². The van der Waals surface area contributed by atoms with Crippen LogP contribution in [0.25, 0.3) is 0 Å². The number of phenols is 1. The topological polar surface area (TPSA) is 86.6 Å². The van der Waals surface area contributed by atoms with Crippen LogP contribution in [0.15, 0.2) is 18.2 Å². The SMILES string of the molecule is O=C(O)CC1(CNC(=O)c2cc(F)ccc2O)CCC1. The lowest BCUT2D eigenvalue weighted by atomic mass is 9.66. The molecular formula is C14H16FNO4. The van der Waals surface area contributed by atoms with Crippen LogP contribution in [0.4, 0.5) is 4.39 Å². The molecule has 0 atom stereocenters. The van der Waals surface area contributed by atoms with E-state index in [1.54, 1.807) is 0 Å². The number of benzene rings is 1. The van der Waals surface area contributed by atoms with E-state index >= 15 is 0 Å². The monoisotopic (exact) mass is 281 g/mol. The zero-order valence-corrected chi connectivity index (χ0v) is 10.9. The Balaban J connectivity index is 2.01. The highest BCUT2D eigenvalue weighted by molar-refractivity contribution is 5.96. The molecule has 1 aliphatic rings. The highest BCUT2D eigenvalue weighted by Gasteiger charge is 2.39. The predicted molar refractivity (Wildman–Crippen MR) is 68.9 cm³/mol. The smallest absolute Gasteiger partial charge is 0.303 e. The van der Waals surface area contributed by atoms with E-state index in [9.17, 15) is 19.1 Å². The molecule has 0 spiro atoms. The van der Waals surface area contributed by atoms with Crippen molar-refractivity contribution in [2.45, 2.75) is 25.7 Å². The first kappa shape index (κ1) is 14.3. The Bertz CT molecular complexity index is 540. The Morgan fingerprint density at radius 2 is 2.05 bits per heavy atom. The van der Waals surface area contributed by atoms with Crippen LogP contribution in [-0.2, 0) is 4.79 Å². The van der Waals surface area contributed by atoms with Gasteiger partial charge in [0.25, 0.3) is 5.91 Å². The highest BCUT2D eigenvalue weighted by atomic mass is 19.1. The number of halogens is 1. The second-order valence-corrected chi connectivity index (χ2v) is 5.27. The van der Waals surface area contributed by atoms with E-state index in [-0.39, 0.29) is 24.3 Å². The maximum atomic E-state index is 13.1. The summed E-state index contributed by atoms with van der Waals surface area (Å²) in [6, 6.07) is 3.12. The van der Waals surface area contributed by atoms with Gasteiger partial charge in [0.2, 0.25) is 0 Å². The van der Waals surface area contributed by atoms with Gasteiger partial charge in [-0.1, -0.05) is 6.42 Å². The van der Waals surface area contributed by atoms with Crippen molar-refractivity contribution in [2.75, 3.05) is 6.54 Å². The largest absolute Gasteiger partial charge is 0.507 e. The van der Waals surface area contributed by atoms with Crippen molar-refractivity contribution in [1.29, 1.82) is 0 Å². The van der Waals surface area contributed by atoms with Crippen molar-refractivity contribution in [3.63, 3.8) is 0 Å². The molecule has 108 valence electrons.